The lowest BCUT2D eigenvalue weighted by molar-refractivity contribution is -0.121. The largest absolute Gasteiger partial charge is 0.316 e. The summed E-state index contributed by atoms with van der Waals surface area (Å²) in [7, 11) is 0. The molecule has 10 heavy (non-hydrogen) atoms. The molecule has 1 saturated heterocycles. The van der Waals surface area contributed by atoms with Crippen molar-refractivity contribution in [2.24, 2.45) is 10.9 Å². The van der Waals surface area contributed by atoms with Gasteiger partial charge >= 0.3 is 0 Å². The van der Waals surface area contributed by atoms with E-state index in [0.717, 1.165) is 25.9 Å². The van der Waals surface area contributed by atoms with E-state index in [1.165, 1.54) is 0 Å². The van der Waals surface area contributed by atoms with Crippen molar-refractivity contribution in [1.29, 1.82) is 0 Å². The normalized spacial score (nSPS) is 25.8. The summed E-state index contributed by atoms with van der Waals surface area (Å²) in [4.78, 5) is 14.3. The molecule has 3 heteroatoms. The number of piperidine rings is 1. The molecule has 0 bridgehead atoms. The predicted octanol–water partition coefficient (Wildman–Crippen LogP) is 0.213. The minimum Gasteiger partial charge on any atom is -0.316 e. The van der Waals surface area contributed by atoms with Gasteiger partial charge in [0.1, 0.15) is 0 Å². The molecule has 1 fully saturated rings. The third kappa shape index (κ3) is 1.64. The topological polar surface area (TPSA) is 41.5 Å². The van der Waals surface area contributed by atoms with Gasteiger partial charge in [-0.25, -0.2) is 4.99 Å². The van der Waals surface area contributed by atoms with E-state index >= 15 is 0 Å². The van der Waals surface area contributed by atoms with Crippen LogP contribution in [0.5, 0.6) is 0 Å². The molecule has 0 radical (unpaired) electrons. The van der Waals surface area contributed by atoms with Crippen LogP contribution in [0.1, 0.15) is 12.8 Å². The van der Waals surface area contributed by atoms with Gasteiger partial charge < -0.3 is 5.32 Å². The quantitative estimate of drug-likeness (QED) is 0.529. The molecule has 0 aromatic heterocycles. The van der Waals surface area contributed by atoms with Crippen LogP contribution in [0.3, 0.4) is 0 Å². The summed E-state index contributed by atoms with van der Waals surface area (Å²) in [5.41, 5.74) is 0. The summed E-state index contributed by atoms with van der Waals surface area (Å²) < 4.78 is 0. The Morgan fingerprint density at radius 1 is 1.70 bits per heavy atom. The molecule has 1 unspecified atom stereocenters. The maximum Gasteiger partial charge on any atom is 0.249 e. The highest BCUT2D eigenvalue weighted by Crippen LogP contribution is 2.10. The maximum atomic E-state index is 10.9. The zero-order chi connectivity index (χ0) is 7.40. The predicted molar refractivity (Wildman–Crippen MR) is 40.1 cm³/mol. The van der Waals surface area contributed by atoms with Crippen LogP contribution in [0.2, 0.25) is 0 Å². The van der Waals surface area contributed by atoms with Crippen LogP contribution in [0.25, 0.3) is 0 Å². The summed E-state index contributed by atoms with van der Waals surface area (Å²) in [5.74, 6) is 0.0263. The van der Waals surface area contributed by atoms with Gasteiger partial charge in [-0.3, -0.25) is 4.79 Å². The fraction of sp³-hybridized carbons (Fsp3) is 0.714. The first kappa shape index (κ1) is 7.41. The first-order chi connectivity index (χ1) is 4.84. The number of rotatable bonds is 1. The fourth-order valence-electron chi connectivity index (χ4n) is 1.19. The zero-order valence-corrected chi connectivity index (χ0v) is 5.97. The number of nitrogens with zero attached hydrogens (tertiary/aromatic N) is 1. The molecule has 1 aliphatic heterocycles. The zero-order valence-electron chi connectivity index (χ0n) is 5.97. The number of hydrogen-bond acceptors (Lipinski definition) is 2. The Morgan fingerprint density at radius 3 is 3.00 bits per heavy atom. The SMILES string of the molecule is C=NC(=O)C1CCCNC1. The van der Waals surface area contributed by atoms with Crippen LogP contribution < -0.4 is 5.32 Å². The summed E-state index contributed by atoms with van der Waals surface area (Å²) in [6.45, 7) is 5.01. The standard InChI is InChI=1S/C7H12N2O/c1-8-7(10)6-3-2-4-9-5-6/h6,9H,1-5H2. The highest BCUT2D eigenvalue weighted by molar-refractivity contribution is 5.83. The van der Waals surface area contributed by atoms with Crippen LogP contribution in [-0.2, 0) is 4.79 Å². The minimum absolute atomic E-state index is 0.0628. The van der Waals surface area contributed by atoms with Crippen molar-refractivity contribution in [3.05, 3.63) is 0 Å². The first-order valence-electron chi connectivity index (χ1n) is 3.56. The number of nitrogens with one attached hydrogen (secondary N) is 1. The van der Waals surface area contributed by atoms with Crippen LogP contribution in [0, 0.1) is 5.92 Å². The van der Waals surface area contributed by atoms with E-state index in [9.17, 15) is 4.79 Å². The van der Waals surface area contributed by atoms with Gasteiger partial charge in [0.15, 0.2) is 0 Å². The molecule has 1 amide bonds. The van der Waals surface area contributed by atoms with E-state index in [2.05, 4.69) is 17.0 Å². The van der Waals surface area contributed by atoms with Gasteiger partial charge in [0.05, 0.1) is 5.92 Å². The average Bonchev–Trinajstić information content (AvgIpc) is 2.05. The van der Waals surface area contributed by atoms with E-state index in [1.807, 2.05) is 0 Å². The molecule has 1 rings (SSSR count). The fourth-order valence-corrected chi connectivity index (χ4v) is 1.19. The lowest BCUT2D eigenvalue weighted by Crippen LogP contribution is -2.33. The molecule has 1 heterocycles. The van der Waals surface area contributed by atoms with Gasteiger partial charge in [0.25, 0.3) is 0 Å². The number of amides is 1. The van der Waals surface area contributed by atoms with E-state index in [-0.39, 0.29) is 11.8 Å². The highest BCUT2D eigenvalue weighted by Gasteiger charge is 2.18. The van der Waals surface area contributed by atoms with Crippen LogP contribution >= 0.6 is 0 Å². The second-order valence-electron chi connectivity index (χ2n) is 2.54. The number of carbonyl (C=O) groups excluding carboxylic acids is 1. The summed E-state index contributed by atoms with van der Waals surface area (Å²) >= 11 is 0. The summed E-state index contributed by atoms with van der Waals surface area (Å²) in [6.07, 6.45) is 2.04. The Morgan fingerprint density at radius 2 is 2.50 bits per heavy atom. The molecule has 1 aliphatic rings. The Bertz CT molecular complexity index is 139. The van der Waals surface area contributed by atoms with E-state index in [1.54, 1.807) is 0 Å². The molecule has 1 atom stereocenters. The molecular formula is C7H12N2O. The Kier molecular flexibility index (Phi) is 2.57. The van der Waals surface area contributed by atoms with Crippen molar-refractivity contribution in [2.75, 3.05) is 13.1 Å². The Labute approximate surface area is 60.5 Å². The van der Waals surface area contributed by atoms with Crippen molar-refractivity contribution < 1.29 is 4.79 Å². The molecule has 0 aromatic carbocycles. The monoisotopic (exact) mass is 140 g/mol. The van der Waals surface area contributed by atoms with Crippen molar-refractivity contribution >= 4 is 12.6 Å². The van der Waals surface area contributed by atoms with Crippen molar-refractivity contribution in [3.8, 4) is 0 Å². The van der Waals surface area contributed by atoms with Crippen LogP contribution in [0.4, 0.5) is 0 Å². The van der Waals surface area contributed by atoms with Crippen molar-refractivity contribution in [1.82, 2.24) is 5.32 Å². The summed E-state index contributed by atoms with van der Waals surface area (Å²) in [5, 5.41) is 3.14. The van der Waals surface area contributed by atoms with Gasteiger partial charge in [0.2, 0.25) is 5.91 Å². The highest BCUT2D eigenvalue weighted by atomic mass is 16.1. The lowest BCUT2D eigenvalue weighted by atomic mass is 9.99. The Balaban J connectivity index is 2.38. The van der Waals surface area contributed by atoms with Gasteiger partial charge in [-0.15, -0.1) is 0 Å². The number of carbonyl (C=O) groups is 1. The van der Waals surface area contributed by atoms with Crippen molar-refractivity contribution in [3.63, 3.8) is 0 Å². The molecule has 56 valence electrons. The van der Waals surface area contributed by atoms with Gasteiger partial charge in [-0.2, -0.15) is 0 Å². The van der Waals surface area contributed by atoms with Crippen molar-refractivity contribution in [2.45, 2.75) is 12.8 Å². The molecular weight excluding hydrogens is 128 g/mol. The first-order valence-corrected chi connectivity index (χ1v) is 3.56. The van der Waals surface area contributed by atoms with E-state index in [4.69, 9.17) is 0 Å². The molecule has 3 nitrogen and oxygen atoms in total. The number of hydrogen-bond donors (Lipinski definition) is 1. The molecule has 0 aliphatic carbocycles. The molecule has 0 aromatic rings. The molecule has 0 saturated carbocycles. The minimum atomic E-state index is -0.0628. The van der Waals surface area contributed by atoms with Gasteiger partial charge in [-0.1, -0.05) is 0 Å². The molecule has 1 N–H and O–H groups in total. The maximum absolute atomic E-state index is 10.9. The smallest absolute Gasteiger partial charge is 0.249 e. The average molecular weight is 140 g/mol. The molecule has 0 spiro atoms. The van der Waals surface area contributed by atoms with Crippen LogP contribution in [-0.4, -0.2) is 25.7 Å². The third-order valence-electron chi connectivity index (χ3n) is 1.80. The van der Waals surface area contributed by atoms with Crippen LogP contribution in [0.15, 0.2) is 4.99 Å². The Hall–Kier alpha value is -0.700. The van der Waals surface area contributed by atoms with Gasteiger partial charge in [0, 0.05) is 6.54 Å². The summed E-state index contributed by atoms with van der Waals surface area (Å²) in [6, 6.07) is 0. The van der Waals surface area contributed by atoms with E-state index < -0.39 is 0 Å². The van der Waals surface area contributed by atoms with Gasteiger partial charge in [-0.05, 0) is 26.1 Å². The lowest BCUT2D eigenvalue weighted by Gasteiger charge is -2.18. The second kappa shape index (κ2) is 3.46. The van der Waals surface area contributed by atoms with E-state index in [0.29, 0.717) is 0 Å². The third-order valence-corrected chi connectivity index (χ3v) is 1.80. The second-order valence-corrected chi connectivity index (χ2v) is 2.54. The number of aliphatic imine (C=N–C) groups is 1.